The molecule has 0 fully saturated rings. The first-order valence-electron chi connectivity index (χ1n) is 5.41. The van der Waals surface area contributed by atoms with Crippen LogP contribution in [0.3, 0.4) is 0 Å². The molecule has 1 aromatic rings. The van der Waals surface area contributed by atoms with Crippen molar-refractivity contribution < 1.29 is 9.90 Å². The van der Waals surface area contributed by atoms with Gasteiger partial charge in [-0.05, 0) is 0 Å². The number of nitrogen functional groups attached to an aromatic ring is 1. The Morgan fingerprint density at radius 3 is 2.50 bits per heavy atom. The quantitative estimate of drug-likeness (QED) is 0.798. The van der Waals surface area contributed by atoms with Crippen LogP contribution in [0.5, 0.6) is 0 Å². The number of nitrogens with two attached hydrogens (primary N) is 1. The second-order valence-electron chi connectivity index (χ2n) is 2.86. The molecular weight excluding hydrogens is 230 g/mol. The van der Waals surface area contributed by atoms with Gasteiger partial charge in [0.2, 0.25) is 0 Å². The van der Waals surface area contributed by atoms with Gasteiger partial charge in [0.25, 0.3) is 0 Å². The van der Waals surface area contributed by atoms with Crippen LogP contribution >= 0.6 is 0 Å². The van der Waals surface area contributed by atoms with Crippen molar-refractivity contribution in [2.45, 2.75) is 13.8 Å². The number of anilines is 1. The van der Waals surface area contributed by atoms with Crippen LogP contribution in [-0.2, 0) is 0 Å². The van der Waals surface area contributed by atoms with Crippen molar-refractivity contribution >= 4 is 17.4 Å². The van der Waals surface area contributed by atoms with Crippen LogP contribution in [0.15, 0.2) is 37.6 Å². The zero-order valence-corrected chi connectivity index (χ0v) is 10.6. The van der Waals surface area contributed by atoms with Crippen LogP contribution in [0, 0.1) is 0 Å². The van der Waals surface area contributed by atoms with Crippen molar-refractivity contribution in [2.24, 2.45) is 0 Å². The van der Waals surface area contributed by atoms with E-state index in [2.05, 4.69) is 23.1 Å². The molecule has 0 amide bonds. The summed E-state index contributed by atoms with van der Waals surface area (Å²) in [6.07, 6.45) is 6.13. The summed E-state index contributed by atoms with van der Waals surface area (Å²) < 4.78 is 0. The van der Waals surface area contributed by atoms with Crippen LogP contribution in [0.25, 0.3) is 5.57 Å². The lowest BCUT2D eigenvalue weighted by Crippen LogP contribution is -2.09. The van der Waals surface area contributed by atoms with Gasteiger partial charge >= 0.3 is 5.97 Å². The fourth-order valence-electron chi connectivity index (χ4n) is 1.08. The van der Waals surface area contributed by atoms with Crippen LogP contribution in [0.1, 0.15) is 30.0 Å². The monoisotopic (exact) mass is 247 g/mol. The number of nitrogens with zero attached hydrogens (tertiary/aromatic N) is 2. The normalized spacial score (nSPS) is 10.0. The Hall–Kier alpha value is -2.43. The second-order valence-corrected chi connectivity index (χ2v) is 2.86. The molecule has 1 aromatic heterocycles. The predicted molar refractivity (Wildman–Crippen MR) is 73.1 cm³/mol. The Morgan fingerprint density at radius 2 is 2.06 bits per heavy atom. The number of rotatable bonds is 4. The minimum absolute atomic E-state index is 0.113. The fourth-order valence-corrected chi connectivity index (χ4v) is 1.08. The van der Waals surface area contributed by atoms with E-state index in [9.17, 15) is 4.79 Å². The van der Waals surface area contributed by atoms with Gasteiger partial charge in [0.05, 0.1) is 11.9 Å². The van der Waals surface area contributed by atoms with Crippen molar-refractivity contribution in [3.8, 4) is 0 Å². The number of aromatic nitrogens is 2. The van der Waals surface area contributed by atoms with Crippen LogP contribution in [0.2, 0.25) is 0 Å². The van der Waals surface area contributed by atoms with Crippen molar-refractivity contribution in [2.75, 3.05) is 5.73 Å². The van der Waals surface area contributed by atoms with E-state index >= 15 is 0 Å². The van der Waals surface area contributed by atoms with E-state index in [1.54, 1.807) is 12.2 Å². The summed E-state index contributed by atoms with van der Waals surface area (Å²) in [6.45, 7) is 11.1. The number of allylic oxidation sites excluding steroid dienone is 4. The Morgan fingerprint density at radius 1 is 1.44 bits per heavy atom. The van der Waals surface area contributed by atoms with Gasteiger partial charge in [0.15, 0.2) is 11.5 Å². The van der Waals surface area contributed by atoms with Crippen LogP contribution in [-0.4, -0.2) is 21.0 Å². The molecule has 0 aromatic carbocycles. The summed E-state index contributed by atoms with van der Waals surface area (Å²) in [4.78, 5) is 18.4. The highest BCUT2D eigenvalue weighted by Gasteiger charge is 2.12. The van der Waals surface area contributed by atoms with Crippen molar-refractivity contribution in [1.82, 2.24) is 9.97 Å². The van der Waals surface area contributed by atoms with Crippen molar-refractivity contribution in [3.63, 3.8) is 0 Å². The Balaban J connectivity index is 0.00000137. The van der Waals surface area contributed by atoms with Gasteiger partial charge in [-0.25, -0.2) is 14.8 Å². The molecule has 5 nitrogen and oxygen atoms in total. The number of carbonyl (C=O) groups is 1. The molecule has 0 spiro atoms. The molecule has 5 heteroatoms. The Kier molecular flexibility index (Phi) is 6.73. The van der Waals surface area contributed by atoms with Gasteiger partial charge in [0.1, 0.15) is 0 Å². The van der Waals surface area contributed by atoms with E-state index in [4.69, 9.17) is 10.8 Å². The molecule has 1 heterocycles. The lowest BCUT2D eigenvalue weighted by molar-refractivity contribution is 0.0691. The Labute approximate surface area is 106 Å². The van der Waals surface area contributed by atoms with Crippen LogP contribution in [0.4, 0.5) is 5.82 Å². The first kappa shape index (κ1) is 15.6. The van der Waals surface area contributed by atoms with E-state index < -0.39 is 5.97 Å². The average Bonchev–Trinajstić information content (AvgIpc) is 2.39. The van der Waals surface area contributed by atoms with E-state index in [0.717, 1.165) is 0 Å². The highest BCUT2D eigenvalue weighted by Crippen LogP contribution is 2.15. The standard InChI is InChI=1S/C11H11N3O2.C2H6/c1-3-5-7(4-2)8-6-13-10(12)9(14-8)11(15)16;1-2/h3-6H,1-2H2,(H2,12,13)(H,15,16);1-2H3/b7-5+;. The number of carboxylic acids is 1. The minimum atomic E-state index is -1.21. The van der Waals surface area contributed by atoms with Crippen LogP contribution < -0.4 is 5.73 Å². The molecule has 1 rings (SSSR count). The van der Waals surface area contributed by atoms with Gasteiger partial charge in [-0.2, -0.15) is 0 Å². The first-order valence-corrected chi connectivity index (χ1v) is 5.41. The van der Waals surface area contributed by atoms with Crippen molar-refractivity contribution in [1.29, 1.82) is 0 Å². The van der Waals surface area contributed by atoms with Crippen molar-refractivity contribution in [3.05, 3.63) is 49.0 Å². The molecule has 18 heavy (non-hydrogen) atoms. The summed E-state index contributed by atoms with van der Waals surface area (Å²) in [6, 6.07) is 0. The molecule has 0 aliphatic rings. The fraction of sp³-hybridized carbons (Fsp3) is 0.154. The summed E-state index contributed by atoms with van der Waals surface area (Å²) in [7, 11) is 0. The van der Waals surface area contributed by atoms with E-state index in [-0.39, 0.29) is 11.5 Å². The Bertz CT molecular complexity index is 479. The molecule has 0 saturated carbocycles. The highest BCUT2D eigenvalue weighted by molar-refractivity contribution is 5.90. The number of carboxylic acid groups (broad SMARTS) is 1. The first-order chi connectivity index (χ1) is 8.60. The third kappa shape index (κ3) is 3.86. The molecule has 0 atom stereocenters. The third-order valence-electron chi connectivity index (χ3n) is 1.82. The summed E-state index contributed by atoms with van der Waals surface area (Å²) in [5.41, 5.74) is 6.14. The topological polar surface area (TPSA) is 89.1 Å². The maximum absolute atomic E-state index is 10.8. The molecule has 0 aliphatic carbocycles. The smallest absolute Gasteiger partial charge is 0.358 e. The van der Waals surface area contributed by atoms with Gasteiger partial charge in [-0.15, -0.1) is 0 Å². The lowest BCUT2D eigenvalue weighted by Gasteiger charge is -2.03. The zero-order chi connectivity index (χ0) is 14.1. The van der Waals surface area contributed by atoms with E-state index in [1.165, 1.54) is 12.3 Å². The van der Waals surface area contributed by atoms with Gasteiger partial charge in [0, 0.05) is 5.57 Å². The molecular formula is C13H17N3O2. The minimum Gasteiger partial charge on any atom is -0.476 e. The molecule has 96 valence electrons. The number of aromatic carboxylic acids is 1. The number of hydrogen-bond donors (Lipinski definition) is 2. The third-order valence-corrected chi connectivity index (χ3v) is 1.82. The summed E-state index contributed by atoms with van der Waals surface area (Å²) in [5, 5.41) is 8.83. The average molecular weight is 247 g/mol. The predicted octanol–water partition coefficient (Wildman–Crippen LogP) is 2.54. The lowest BCUT2D eigenvalue weighted by atomic mass is 10.2. The molecule has 0 bridgehead atoms. The zero-order valence-electron chi connectivity index (χ0n) is 10.6. The SMILES string of the molecule is C=C/C=C(\C=C)c1cnc(N)c(C(=O)O)n1.CC. The molecule has 0 aliphatic heterocycles. The molecule has 0 radical (unpaired) electrons. The second kappa shape index (κ2) is 7.78. The molecule has 0 unspecified atom stereocenters. The maximum Gasteiger partial charge on any atom is 0.358 e. The van der Waals surface area contributed by atoms with Gasteiger partial charge in [-0.1, -0.05) is 45.2 Å². The van der Waals surface area contributed by atoms with Gasteiger partial charge < -0.3 is 10.8 Å². The summed E-state index contributed by atoms with van der Waals surface area (Å²) >= 11 is 0. The van der Waals surface area contributed by atoms with E-state index in [1.807, 2.05) is 13.8 Å². The van der Waals surface area contributed by atoms with E-state index in [0.29, 0.717) is 11.3 Å². The van der Waals surface area contributed by atoms with Gasteiger partial charge in [-0.3, -0.25) is 0 Å². The largest absolute Gasteiger partial charge is 0.476 e. The molecule has 0 saturated heterocycles. The summed E-state index contributed by atoms with van der Waals surface area (Å²) in [5.74, 6) is -1.33. The highest BCUT2D eigenvalue weighted by atomic mass is 16.4. The molecule has 3 N–H and O–H groups in total. The number of hydrogen-bond acceptors (Lipinski definition) is 4. The maximum atomic E-state index is 10.8.